The molecule has 0 aliphatic carbocycles. The van der Waals surface area contributed by atoms with E-state index in [1.54, 1.807) is 0 Å². The van der Waals surface area contributed by atoms with Crippen LogP contribution in [0.3, 0.4) is 0 Å². The Morgan fingerprint density at radius 2 is 2.19 bits per heavy atom. The quantitative estimate of drug-likeness (QED) is 0.780. The summed E-state index contributed by atoms with van der Waals surface area (Å²) in [6.07, 6.45) is 2.78. The molecule has 2 heterocycles. The standard InChI is InChI=1S/C13H16N2O/c16-13-6-3-9-15(13)12-7-8-14-11-5-2-1-4-10(11)12/h1-2,4-5,12,14H,3,6-9H2. The number of para-hydroxylation sites is 1. The van der Waals surface area contributed by atoms with Gasteiger partial charge in [0, 0.05) is 25.2 Å². The summed E-state index contributed by atoms with van der Waals surface area (Å²) in [6, 6.07) is 8.63. The average Bonchev–Trinajstić information content (AvgIpc) is 2.75. The smallest absolute Gasteiger partial charge is 0.223 e. The second-order valence-electron chi connectivity index (χ2n) is 4.51. The molecule has 0 radical (unpaired) electrons. The van der Waals surface area contributed by atoms with Gasteiger partial charge in [0.25, 0.3) is 0 Å². The zero-order valence-corrected chi connectivity index (χ0v) is 9.28. The third kappa shape index (κ3) is 1.47. The van der Waals surface area contributed by atoms with Crippen molar-refractivity contribution < 1.29 is 4.79 Å². The predicted octanol–water partition coefficient (Wildman–Crippen LogP) is 2.17. The summed E-state index contributed by atoms with van der Waals surface area (Å²) in [4.78, 5) is 13.8. The summed E-state index contributed by atoms with van der Waals surface area (Å²) in [5.41, 5.74) is 2.47. The Morgan fingerprint density at radius 1 is 1.31 bits per heavy atom. The highest BCUT2D eigenvalue weighted by Gasteiger charge is 2.31. The van der Waals surface area contributed by atoms with Crippen molar-refractivity contribution in [3.8, 4) is 0 Å². The Kier molecular flexibility index (Phi) is 2.31. The Hall–Kier alpha value is -1.51. The van der Waals surface area contributed by atoms with Crippen LogP contribution in [-0.2, 0) is 4.79 Å². The molecule has 1 aromatic carbocycles. The number of rotatable bonds is 1. The number of carbonyl (C=O) groups excluding carboxylic acids is 1. The minimum Gasteiger partial charge on any atom is -0.385 e. The van der Waals surface area contributed by atoms with Crippen LogP contribution in [0.1, 0.15) is 30.9 Å². The number of fused-ring (bicyclic) bond motifs is 1. The van der Waals surface area contributed by atoms with Crippen molar-refractivity contribution >= 4 is 11.6 Å². The maximum atomic E-state index is 11.8. The zero-order chi connectivity index (χ0) is 11.0. The van der Waals surface area contributed by atoms with Crippen molar-refractivity contribution in [3.05, 3.63) is 29.8 Å². The van der Waals surface area contributed by atoms with Gasteiger partial charge >= 0.3 is 0 Å². The van der Waals surface area contributed by atoms with Crippen molar-refractivity contribution in [2.75, 3.05) is 18.4 Å². The van der Waals surface area contributed by atoms with Gasteiger partial charge in [0.05, 0.1) is 6.04 Å². The number of likely N-dealkylation sites (tertiary alicyclic amines) is 1. The summed E-state index contributed by atoms with van der Waals surface area (Å²) >= 11 is 0. The first kappa shape index (κ1) is 9.70. The van der Waals surface area contributed by atoms with Gasteiger partial charge in [-0.15, -0.1) is 0 Å². The number of hydrogen-bond donors (Lipinski definition) is 1. The Balaban J connectivity index is 1.95. The van der Waals surface area contributed by atoms with Gasteiger partial charge in [-0.05, 0) is 24.5 Å². The van der Waals surface area contributed by atoms with Gasteiger partial charge in [0.1, 0.15) is 0 Å². The third-order valence-electron chi connectivity index (χ3n) is 3.54. The first-order chi connectivity index (χ1) is 7.86. The minimum atomic E-state index is 0.299. The van der Waals surface area contributed by atoms with Gasteiger partial charge < -0.3 is 10.2 Å². The van der Waals surface area contributed by atoms with E-state index in [4.69, 9.17) is 0 Å². The highest BCUT2D eigenvalue weighted by atomic mass is 16.2. The zero-order valence-electron chi connectivity index (χ0n) is 9.28. The van der Waals surface area contributed by atoms with Crippen LogP contribution in [0.4, 0.5) is 5.69 Å². The summed E-state index contributed by atoms with van der Waals surface area (Å²) in [7, 11) is 0. The monoisotopic (exact) mass is 216 g/mol. The Morgan fingerprint density at radius 3 is 3.00 bits per heavy atom. The minimum absolute atomic E-state index is 0.299. The number of nitrogens with one attached hydrogen (secondary N) is 1. The highest BCUT2D eigenvalue weighted by molar-refractivity contribution is 5.79. The fraction of sp³-hybridized carbons (Fsp3) is 0.462. The molecule has 0 saturated carbocycles. The van der Waals surface area contributed by atoms with E-state index in [9.17, 15) is 4.79 Å². The maximum Gasteiger partial charge on any atom is 0.223 e. The SMILES string of the molecule is O=C1CCCN1C1CCNc2ccccc21. The van der Waals surface area contributed by atoms with Gasteiger partial charge in [-0.1, -0.05) is 18.2 Å². The van der Waals surface area contributed by atoms with Gasteiger partial charge in [-0.2, -0.15) is 0 Å². The third-order valence-corrected chi connectivity index (χ3v) is 3.54. The summed E-state index contributed by atoms with van der Waals surface area (Å²) in [6.45, 7) is 1.89. The average molecular weight is 216 g/mol. The molecule has 0 aromatic heterocycles. The van der Waals surface area contributed by atoms with Crippen LogP contribution < -0.4 is 5.32 Å². The molecule has 1 saturated heterocycles. The Bertz CT molecular complexity index is 416. The Labute approximate surface area is 95.4 Å². The van der Waals surface area contributed by atoms with Crippen molar-refractivity contribution in [2.45, 2.75) is 25.3 Å². The molecule has 2 aliphatic heterocycles. The largest absolute Gasteiger partial charge is 0.385 e. The fourth-order valence-corrected chi connectivity index (χ4v) is 2.77. The molecule has 3 heteroatoms. The van der Waals surface area contributed by atoms with Gasteiger partial charge in [0.2, 0.25) is 5.91 Å². The molecule has 1 N–H and O–H groups in total. The van der Waals surface area contributed by atoms with Crippen molar-refractivity contribution in [3.63, 3.8) is 0 Å². The molecule has 1 amide bonds. The first-order valence-electron chi connectivity index (χ1n) is 5.98. The van der Waals surface area contributed by atoms with Crippen LogP contribution in [0.2, 0.25) is 0 Å². The van der Waals surface area contributed by atoms with Crippen molar-refractivity contribution in [1.82, 2.24) is 4.90 Å². The molecule has 2 aliphatic rings. The molecule has 16 heavy (non-hydrogen) atoms. The van der Waals surface area contributed by atoms with Crippen LogP contribution in [0.25, 0.3) is 0 Å². The second-order valence-corrected chi connectivity index (χ2v) is 4.51. The molecule has 1 aromatic rings. The second kappa shape index (κ2) is 3.81. The summed E-state index contributed by atoms with van der Waals surface area (Å²) in [5.74, 6) is 0.321. The fourth-order valence-electron chi connectivity index (χ4n) is 2.77. The van der Waals surface area contributed by atoms with E-state index in [0.29, 0.717) is 11.9 Å². The topological polar surface area (TPSA) is 32.3 Å². The lowest BCUT2D eigenvalue weighted by molar-refractivity contribution is -0.129. The normalized spacial score (nSPS) is 24.1. The van der Waals surface area contributed by atoms with Crippen molar-refractivity contribution in [2.24, 2.45) is 0 Å². The van der Waals surface area contributed by atoms with E-state index in [1.165, 1.54) is 11.3 Å². The number of nitrogens with zero attached hydrogens (tertiary/aromatic N) is 1. The molecular weight excluding hydrogens is 200 g/mol. The molecule has 3 nitrogen and oxygen atoms in total. The van der Waals surface area contributed by atoms with E-state index in [-0.39, 0.29) is 0 Å². The van der Waals surface area contributed by atoms with Crippen molar-refractivity contribution in [1.29, 1.82) is 0 Å². The lowest BCUT2D eigenvalue weighted by atomic mass is 9.97. The molecule has 0 spiro atoms. The molecule has 1 unspecified atom stereocenters. The lowest BCUT2D eigenvalue weighted by Crippen LogP contribution is -2.33. The molecule has 1 fully saturated rings. The number of hydrogen-bond acceptors (Lipinski definition) is 2. The maximum absolute atomic E-state index is 11.8. The molecule has 0 bridgehead atoms. The van der Waals surface area contributed by atoms with Crippen LogP contribution in [0, 0.1) is 0 Å². The van der Waals surface area contributed by atoms with E-state index in [2.05, 4.69) is 28.4 Å². The molecular formula is C13H16N2O. The summed E-state index contributed by atoms with van der Waals surface area (Å²) < 4.78 is 0. The van der Waals surface area contributed by atoms with E-state index in [0.717, 1.165) is 32.4 Å². The number of benzene rings is 1. The highest BCUT2D eigenvalue weighted by Crippen LogP contribution is 2.35. The van der Waals surface area contributed by atoms with Crippen LogP contribution in [-0.4, -0.2) is 23.9 Å². The number of amides is 1. The number of carbonyl (C=O) groups is 1. The van der Waals surface area contributed by atoms with Gasteiger partial charge in [0.15, 0.2) is 0 Å². The van der Waals surface area contributed by atoms with Crippen LogP contribution in [0.5, 0.6) is 0 Å². The lowest BCUT2D eigenvalue weighted by Gasteiger charge is -2.33. The van der Waals surface area contributed by atoms with E-state index < -0.39 is 0 Å². The molecule has 3 rings (SSSR count). The van der Waals surface area contributed by atoms with Crippen LogP contribution in [0.15, 0.2) is 24.3 Å². The molecule has 84 valence electrons. The van der Waals surface area contributed by atoms with E-state index in [1.807, 2.05) is 6.07 Å². The van der Waals surface area contributed by atoms with Gasteiger partial charge in [-0.3, -0.25) is 4.79 Å². The number of anilines is 1. The predicted molar refractivity (Wildman–Crippen MR) is 63.2 cm³/mol. The summed E-state index contributed by atoms with van der Waals surface area (Å²) in [5, 5.41) is 3.39. The molecule has 1 atom stereocenters. The first-order valence-corrected chi connectivity index (χ1v) is 5.98. The van der Waals surface area contributed by atoms with Crippen LogP contribution >= 0.6 is 0 Å². The van der Waals surface area contributed by atoms with Gasteiger partial charge in [-0.25, -0.2) is 0 Å². The van der Waals surface area contributed by atoms with E-state index >= 15 is 0 Å².